The Morgan fingerprint density at radius 2 is 1.82 bits per heavy atom. The number of benzene rings is 1. The molecule has 0 heterocycles. The predicted octanol–water partition coefficient (Wildman–Crippen LogP) is 3.03. The van der Waals surface area contributed by atoms with Crippen LogP contribution in [0.3, 0.4) is 0 Å². The highest BCUT2D eigenvalue weighted by Gasteiger charge is 2.30. The Morgan fingerprint density at radius 3 is 2.47 bits per heavy atom. The van der Waals surface area contributed by atoms with Crippen LogP contribution in [0.5, 0.6) is 0 Å². The van der Waals surface area contributed by atoms with Gasteiger partial charge < -0.3 is 5.73 Å². The van der Waals surface area contributed by atoms with E-state index in [2.05, 4.69) is 0 Å². The van der Waals surface area contributed by atoms with Gasteiger partial charge in [0.05, 0.1) is 15.8 Å². The van der Waals surface area contributed by atoms with Gasteiger partial charge in [-0.3, -0.25) is 0 Å². The molecule has 1 fully saturated rings. The molecule has 1 aromatic rings. The Kier molecular flexibility index (Phi) is 3.64. The van der Waals surface area contributed by atoms with Gasteiger partial charge in [0, 0.05) is 5.02 Å². The average molecular weight is 274 g/mol. The molecule has 1 saturated carbocycles. The molecule has 3 nitrogen and oxygen atoms in total. The second kappa shape index (κ2) is 4.86. The number of anilines is 1. The van der Waals surface area contributed by atoms with E-state index in [4.69, 9.17) is 17.3 Å². The summed E-state index contributed by atoms with van der Waals surface area (Å²) in [5.41, 5.74) is 6.04. The number of halogens is 1. The summed E-state index contributed by atoms with van der Waals surface area (Å²) in [5, 5.41) is 0.116. The highest BCUT2D eigenvalue weighted by molar-refractivity contribution is 7.92. The molecule has 0 atom stereocenters. The molecule has 17 heavy (non-hydrogen) atoms. The molecule has 2 rings (SSSR count). The fourth-order valence-corrected chi connectivity index (χ4v) is 4.55. The number of hydrogen-bond acceptors (Lipinski definition) is 3. The number of sulfone groups is 1. The van der Waals surface area contributed by atoms with Gasteiger partial charge in [-0.2, -0.15) is 0 Å². The maximum absolute atomic E-state index is 12.4. The first-order valence-electron chi connectivity index (χ1n) is 5.81. The van der Waals surface area contributed by atoms with Gasteiger partial charge in [-0.25, -0.2) is 8.42 Å². The lowest BCUT2D eigenvalue weighted by atomic mass is 10.0. The van der Waals surface area contributed by atoms with E-state index in [0.29, 0.717) is 10.7 Å². The van der Waals surface area contributed by atoms with Crippen molar-refractivity contribution < 1.29 is 8.42 Å². The minimum Gasteiger partial charge on any atom is -0.398 e. The Hall–Kier alpha value is -0.740. The zero-order valence-corrected chi connectivity index (χ0v) is 11.1. The van der Waals surface area contributed by atoms with Gasteiger partial charge in [-0.15, -0.1) is 0 Å². The quantitative estimate of drug-likeness (QED) is 0.843. The molecule has 0 aliphatic heterocycles. The standard InChI is InChI=1S/C12H16ClNO2S/c13-9-6-7-11(14)12(8-9)17(15,16)10-4-2-1-3-5-10/h6-8,10H,1-5,14H2. The van der Waals surface area contributed by atoms with Crippen LogP contribution >= 0.6 is 11.6 Å². The molecule has 2 N–H and O–H groups in total. The van der Waals surface area contributed by atoms with Crippen LogP contribution in [0.4, 0.5) is 5.69 Å². The second-order valence-electron chi connectivity index (χ2n) is 4.49. The minimum absolute atomic E-state index is 0.192. The smallest absolute Gasteiger partial charge is 0.183 e. The van der Waals surface area contributed by atoms with Gasteiger partial charge in [0.1, 0.15) is 0 Å². The number of hydrogen-bond donors (Lipinski definition) is 1. The molecule has 94 valence electrons. The Morgan fingerprint density at radius 1 is 1.18 bits per heavy atom. The zero-order valence-electron chi connectivity index (χ0n) is 9.52. The van der Waals surface area contributed by atoms with Gasteiger partial charge in [-0.05, 0) is 31.0 Å². The fraction of sp³-hybridized carbons (Fsp3) is 0.500. The van der Waals surface area contributed by atoms with Crippen LogP contribution in [-0.2, 0) is 9.84 Å². The summed E-state index contributed by atoms with van der Waals surface area (Å²) in [6.45, 7) is 0. The fourth-order valence-electron chi connectivity index (χ4n) is 2.31. The average Bonchev–Trinajstić information content (AvgIpc) is 2.33. The van der Waals surface area contributed by atoms with Gasteiger partial charge in [0.25, 0.3) is 0 Å². The van der Waals surface area contributed by atoms with Gasteiger partial charge in [0.15, 0.2) is 9.84 Å². The van der Waals surface area contributed by atoms with Crippen molar-refractivity contribution in [3.8, 4) is 0 Å². The van der Waals surface area contributed by atoms with E-state index in [1.54, 1.807) is 12.1 Å². The topological polar surface area (TPSA) is 60.2 Å². The molecule has 0 spiro atoms. The van der Waals surface area contributed by atoms with Crippen molar-refractivity contribution in [3.63, 3.8) is 0 Å². The highest BCUT2D eigenvalue weighted by Crippen LogP contribution is 2.32. The minimum atomic E-state index is -3.32. The van der Waals surface area contributed by atoms with E-state index in [-0.39, 0.29) is 10.1 Å². The maximum Gasteiger partial charge on any atom is 0.183 e. The van der Waals surface area contributed by atoms with Crippen molar-refractivity contribution in [1.29, 1.82) is 0 Å². The normalized spacial score (nSPS) is 18.2. The first kappa shape index (κ1) is 12.7. The molecular weight excluding hydrogens is 258 g/mol. The predicted molar refractivity (Wildman–Crippen MR) is 69.9 cm³/mol. The van der Waals surface area contributed by atoms with Crippen LogP contribution in [0, 0.1) is 0 Å². The van der Waals surface area contributed by atoms with E-state index < -0.39 is 9.84 Å². The van der Waals surface area contributed by atoms with Crippen LogP contribution in [0.1, 0.15) is 32.1 Å². The zero-order chi connectivity index (χ0) is 12.5. The molecule has 5 heteroatoms. The van der Waals surface area contributed by atoms with Crippen molar-refractivity contribution in [2.24, 2.45) is 0 Å². The monoisotopic (exact) mass is 273 g/mol. The largest absolute Gasteiger partial charge is 0.398 e. The van der Waals surface area contributed by atoms with Crippen molar-refractivity contribution in [3.05, 3.63) is 23.2 Å². The molecule has 0 saturated heterocycles. The van der Waals surface area contributed by atoms with Crippen LogP contribution in [0.15, 0.2) is 23.1 Å². The van der Waals surface area contributed by atoms with Crippen molar-refractivity contribution in [2.45, 2.75) is 42.2 Å². The van der Waals surface area contributed by atoms with Crippen molar-refractivity contribution >= 4 is 27.1 Å². The van der Waals surface area contributed by atoms with Crippen LogP contribution in [0.25, 0.3) is 0 Å². The van der Waals surface area contributed by atoms with E-state index in [9.17, 15) is 8.42 Å². The maximum atomic E-state index is 12.4. The molecule has 0 amide bonds. The Bertz CT molecular complexity index is 507. The van der Waals surface area contributed by atoms with Crippen LogP contribution in [-0.4, -0.2) is 13.7 Å². The summed E-state index contributed by atoms with van der Waals surface area (Å²) >= 11 is 5.84. The lowest BCUT2D eigenvalue weighted by molar-refractivity contribution is 0.484. The lowest BCUT2D eigenvalue weighted by Gasteiger charge is -2.22. The summed E-state index contributed by atoms with van der Waals surface area (Å²) in [6, 6.07) is 4.62. The molecule has 0 unspecified atom stereocenters. The number of nitrogens with two attached hydrogens (primary N) is 1. The molecule has 1 aliphatic carbocycles. The summed E-state index contributed by atoms with van der Waals surface area (Å²) in [5.74, 6) is 0. The molecule has 0 aromatic heterocycles. The highest BCUT2D eigenvalue weighted by atomic mass is 35.5. The summed E-state index contributed by atoms with van der Waals surface area (Å²) < 4.78 is 24.8. The lowest BCUT2D eigenvalue weighted by Crippen LogP contribution is -2.24. The van der Waals surface area contributed by atoms with E-state index in [0.717, 1.165) is 32.1 Å². The van der Waals surface area contributed by atoms with Gasteiger partial charge in [-0.1, -0.05) is 30.9 Å². The third-order valence-electron chi connectivity index (χ3n) is 3.27. The summed E-state index contributed by atoms with van der Waals surface area (Å²) in [4.78, 5) is 0.192. The molecule has 0 bridgehead atoms. The molecule has 0 radical (unpaired) electrons. The van der Waals surface area contributed by atoms with E-state index in [1.807, 2.05) is 0 Å². The SMILES string of the molecule is Nc1ccc(Cl)cc1S(=O)(=O)C1CCCCC1. The Balaban J connectivity index is 2.40. The van der Waals surface area contributed by atoms with Crippen molar-refractivity contribution in [1.82, 2.24) is 0 Å². The number of rotatable bonds is 2. The first-order valence-corrected chi connectivity index (χ1v) is 7.73. The summed E-state index contributed by atoms with van der Waals surface area (Å²) in [7, 11) is -3.32. The molecule has 1 aromatic carbocycles. The third-order valence-corrected chi connectivity index (χ3v) is 5.82. The number of nitrogen functional groups attached to an aromatic ring is 1. The van der Waals surface area contributed by atoms with Crippen molar-refractivity contribution in [2.75, 3.05) is 5.73 Å². The van der Waals surface area contributed by atoms with Gasteiger partial charge >= 0.3 is 0 Å². The Labute approximate surface area is 107 Å². The van der Waals surface area contributed by atoms with E-state index >= 15 is 0 Å². The molecular formula is C12H16ClNO2S. The molecule has 1 aliphatic rings. The van der Waals surface area contributed by atoms with Gasteiger partial charge in [0.2, 0.25) is 0 Å². The van der Waals surface area contributed by atoms with Crippen LogP contribution < -0.4 is 5.73 Å². The second-order valence-corrected chi connectivity index (χ2v) is 7.12. The first-order chi connectivity index (χ1) is 8.01. The summed E-state index contributed by atoms with van der Waals surface area (Å²) in [6.07, 6.45) is 4.54. The third kappa shape index (κ3) is 2.58. The van der Waals surface area contributed by atoms with E-state index in [1.165, 1.54) is 6.07 Å². The van der Waals surface area contributed by atoms with Crippen LogP contribution in [0.2, 0.25) is 5.02 Å².